The van der Waals surface area contributed by atoms with Crippen molar-refractivity contribution in [1.82, 2.24) is 0 Å². The Labute approximate surface area is 111 Å². The van der Waals surface area contributed by atoms with Gasteiger partial charge in [-0.15, -0.1) is 0 Å². The molecule has 0 radical (unpaired) electrons. The average molecular weight is 274 g/mol. The van der Waals surface area contributed by atoms with E-state index in [0.717, 1.165) is 0 Å². The Morgan fingerprint density at radius 1 is 1.11 bits per heavy atom. The number of aliphatic carboxylic acids is 1. The predicted octanol–water partition coefficient (Wildman–Crippen LogP) is 1.22. The molecule has 0 aliphatic heterocycles. The molecule has 0 saturated heterocycles. The van der Waals surface area contributed by atoms with Crippen LogP contribution in [0.3, 0.4) is 0 Å². The molecule has 0 heterocycles. The third-order valence-electron chi connectivity index (χ3n) is 1.85. The van der Waals surface area contributed by atoms with Crippen LogP contribution in [0.15, 0.2) is 12.2 Å². The van der Waals surface area contributed by atoms with Crippen molar-refractivity contribution in [3.8, 4) is 0 Å². The van der Waals surface area contributed by atoms with E-state index in [2.05, 4.69) is 6.58 Å². The zero-order valence-electron chi connectivity index (χ0n) is 11.2. The second-order valence-corrected chi connectivity index (χ2v) is 3.84. The molecule has 0 aliphatic rings. The lowest BCUT2D eigenvalue weighted by Gasteiger charge is -2.19. The third kappa shape index (κ3) is 8.78. The monoisotopic (exact) mass is 274 g/mol. The van der Waals surface area contributed by atoms with Gasteiger partial charge in [-0.1, -0.05) is 6.58 Å². The molecule has 1 N–H and O–H groups in total. The van der Waals surface area contributed by atoms with Gasteiger partial charge in [0.15, 0.2) is 0 Å². The molecule has 19 heavy (non-hydrogen) atoms. The lowest BCUT2D eigenvalue weighted by atomic mass is 10.3. The molecule has 7 heteroatoms. The molecule has 0 aromatic heterocycles. The SMILES string of the molecule is C=C(C)C(=O)OC(C)OC(C)OC(=O)CCC(=O)O. The van der Waals surface area contributed by atoms with Crippen LogP contribution in [0.2, 0.25) is 0 Å². The number of ether oxygens (including phenoxy) is 3. The molecule has 108 valence electrons. The first-order chi connectivity index (χ1) is 8.72. The predicted molar refractivity (Wildman–Crippen MR) is 63.9 cm³/mol. The van der Waals surface area contributed by atoms with Gasteiger partial charge in [0.05, 0.1) is 12.8 Å². The number of hydrogen-bond donors (Lipinski definition) is 1. The molecule has 0 fully saturated rings. The lowest BCUT2D eigenvalue weighted by Crippen LogP contribution is -2.26. The highest BCUT2D eigenvalue weighted by Gasteiger charge is 2.17. The summed E-state index contributed by atoms with van der Waals surface area (Å²) in [7, 11) is 0. The van der Waals surface area contributed by atoms with Gasteiger partial charge in [-0.2, -0.15) is 0 Å². The number of carboxylic acids is 1. The Hall–Kier alpha value is -1.89. The van der Waals surface area contributed by atoms with Gasteiger partial charge in [0.2, 0.25) is 12.6 Å². The smallest absolute Gasteiger partial charge is 0.335 e. The largest absolute Gasteiger partial charge is 0.481 e. The fourth-order valence-electron chi connectivity index (χ4n) is 1.03. The molecule has 0 aromatic rings. The van der Waals surface area contributed by atoms with Gasteiger partial charge in [0, 0.05) is 5.57 Å². The molecular weight excluding hydrogens is 256 g/mol. The van der Waals surface area contributed by atoms with E-state index in [0.29, 0.717) is 0 Å². The Kier molecular flexibility index (Phi) is 7.43. The van der Waals surface area contributed by atoms with Crippen molar-refractivity contribution < 1.29 is 33.7 Å². The fourth-order valence-corrected chi connectivity index (χ4v) is 1.03. The van der Waals surface area contributed by atoms with Gasteiger partial charge in [0.1, 0.15) is 0 Å². The van der Waals surface area contributed by atoms with Crippen molar-refractivity contribution in [2.75, 3.05) is 0 Å². The second kappa shape index (κ2) is 8.25. The van der Waals surface area contributed by atoms with Gasteiger partial charge in [-0.25, -0.2) is 4.79 Å². The van der Waals surface area contributed by atoms with Gasteiger partial charge in [-0.3, -0.25) is 9.59 Å². The van der Waals surface area contributed by atoms with E-state index in [1.807, 2.05) is 0 Å². The number of hydrogen-bond acceptors (Lipinski definition) is 6. The van der Waals surface area contributed by atoms with Crippen LogP contribution in [0.1, 0.15) is 33.6 Å². The first-order valence-corrected chi connectivity index (χ1v) is 5.65. The van der Waals surface area contributed by atoms with Crippen molar-refractivity contribution in [3.05, 3.63) is 12.2 Å². The van der Waals surface area contributed by atoms with Crippen molar-refractivity contribution >= 4 is 17.9 Å². The highest BCUT2D eigenvalue weighted by atomic mass is 16.8. The van der Waals surface area contributed by atoms with E-state index in [-0.39, 0.29) is 18.4 Å². The van der Waals surface area contributed by atoms with Crippen LogP contribution in [0, 0.1) is 0 Å². The fraction of sp³-hybridized carbons (Fsp3) is 0.583. The van der Waals surface area contributed by atoms with Gasteiger partial charge in [0.25, 0.3) is 0 Å². The molecule has 0 amide bonds. The molecule has 0 bridgehead atoms. The van der Waals surface area contributed by atoms with Crippen molar-refractivity contribution in [1.29, 1.82) is 0 Å². The topological polar surface area (TPSA) is 99.1 Å². The number of carboxylic acid groups (broad SMARTS) is 1. The summed E-state index contributed by atoms with van der Waals surface area (Å²) in [4.78, 5) is 32.6. The quantitative estimate of drug-likeness (QED) is 0.403. The normalized spacial score (nSPS) is 13.2. The Morgan fingerprint density at radius 3 is 2.11 bits per heavy atom. The van der Waals surface area contributed by atoms with Crippen LogP contribution < -0.4 is 0 Å². The van der Waals surface area contributed by atoms with Gasteiger partial charge >= 0.3 is 17.9 Å². The minimum atomic E-state index is -1.09. The first kappa shape index (κ1) is 17.1. The maximum Gasteiger partial charge on any atom is 0.335 e. The summed E-state index contributed by atoms with van der Waals surface area (Å²) < 4.78 is 14.7. The highest BCUT2D eigenvalue weighted by Crippen LogP contribution is 2.06. The summed E-state index contributed by atoms with van der Waals surface area (Å²) >= 11 is 0. The molecule has 0 saturated carbocycles. The molecular formula is C12H18O7. The number of esters is 2. The summed E-state index contributed by atoms with van der Waals surface area (Å²) in [5, 5.41) is 8.39. The van der Waals surface area contributed by atoms with Crippen LogP contribution in [-0.2, 0) is 28.6 Å². The Balaban J connectivity index is 3.99. The molecule has 0 spiro atoms. The molecule has 2 unspecified atom stereocenters. The molecule has 0 aromatic carbocycles. The van der Waals surface area contributed by atoms with Crippen molar-refractivity contribution in [2.45, 2.75) is 46.2 Å². The summed E-state index contributed by atoms with van der Waals surface area (Å²) in [6.07, 6.45) is -2.42. The summed E-state index contributed by atoms with van der Waals surface area (Å²) in [6.45, 7) is 7.79. The molecule has 0 rings (SSSR count). The summed E-state index contributed by atoms with van der Waals surface area (Å²) in [5.41, 5.74) is 0.224. The first-order valence-electron chi connectivity index (χ1n) is 5.65. The van der Waals surface area contributed by atoms with E-state index in [1.54, 1.807) is 0 Å². The van der Waals surface area contributed by atoms with Gasteiger partial charge < -0.3 is 19.3 Å². The zero-order chi connectivity index (χ0) is 15.0. The van der Waals surface area contributed by atoms with Crippen LogP contribution in [0.5, 0.6) is 0 Å². The molecule has 7 nitrogen and oxygen atoms in total. The minimum Gasteiger partial charge on any atom is -0.481 e. The maximum atomic E-state index is 11.2. The lowest BCUT2D eigenvalue weighted by molar-refractivity contribution is -0.225. The van der Waals surface area contributed by atoms with Crippen LogP contribution >= 0.6 is 0 Å². The third-order valence-corrected chi connectivity index (χ3v) is 1.85. The van der Waals surface area contributed by atoms with Crippen molar-refractivity contribution in [2.24, 2.45) is 0 Å². The number of carbonyl (C=O) groups excluding carboxylic acids is 2. The van der Waals surface area contributed by atoms with Crippen LogP contribution in [0.25, 0.3) is 0 Å². The van der Waals surface area contributed by atoms with E-state index in [1.165, 1.54) is 20.8 Å². The van der Waals surface area contributed by atoms with E-state index in [9.17, 15) is 14.4 Å². The van der Waals surface area contributed by atoms with E-state index >= 15 is 0 Å². The highest BCUT2D eigenvalue weighted by molar-refractivity contribution is 5.86. The van der Waals surface area contributed by atoms with E-state index < -0.39 is 30.5 Å². The van der Waals surface area contributed by atoms with Crippen LogP contribution in [-0.4, -0.2) is 35.6 Å². The maximum absolute atomic E-state index is 11.2. The van der Waals surface area contributed by atoms with E-state index in [4.69, 9.17) is 19.3 Å². The molecule has 2 atom stereocenters. The van der Waals surface area contributed by atoms with Crippen LogP contribution in [0.4, 0.5) is 0 Å². The molecule has 0 aliphatic carbocycles. The Morgan fingerprint density at radius 2 is 1.63 bits per heavy atom. The number of rotatable bonds is 8. The minimum absolute atomic E-state index is 0.224. The number of carbonyl (C=O) groups is 3. The summed E-state index contributed by atoms with van der Waals surface area (Å²) in [5.74, 6) is -2.40. The second-order valence-electron chi connectivity index (χ2n) is 3.84. The van der Waals surface area contributed by atoms with Gasteiger partial charge in [-0.05, 0) is 20.8 Å². The summed E-state index contributed by atoms with van der Waals surface area (Å²) in [6, 6.07) is 0. The standard InChI is InChI=1S/C12H18O7/c1-7(2)12(16)19-9(4)17-8(3)18-11(15)6-5-10(13)14/h8-9H,1,5-6H2,2-4H3,(H,13,14). The van der Waals surface area contributed by atoms with Crippen molar-refractivity contribution in [3.63, 3.8) is 0 Å². The average Bonchev–Trinajstić information content (AvgIpc) is 2.25. The Bertz CT molecular complexity index is 361. The zero-order valence-corrected chi connectivity index (χ0v) is 11.2.